The van der Waals surface area contributed by atoms with Crippen molar-refractivity contribution < 1.29 is 0 Å². The lowest BCUT2D eigenvalue weighted by atomic mass is 9.91. The molecule has 0 aliphatic rings. The summed E-state index contributed by atoms with van der Waals surface area (Å²) in [5, 5.41) is 10.6. The van der Waals surface area contributed by atoms with E-state index in [0.29, 0.717) is 0 Å². The van der Waals surface area contributed by atoms with Crippen LogP contribution in [0.25, 0.3) is 84.1 Å². The van der Waals surface area contributed by atoms with Gasteiger partial charge in [-0.15, -0.1) is 22.7 Å². The molecule has 0 N–H and O–H groups in total. The third kappa shape index (κ3) is 3.18. The van der Waals surface area contributed by atoms with Crippen LogP contribution in [0.3, 0.4) is 0 Å². The van der Waals surface area contributed by atoms with E-state index in [4.69, 9.17) is 0 Å². The van der Waals surface area contributed by atoms with Gasteiger partial charge in [0.15, 0.2) is 0 Å². The summed E-state index contributed by atoms with van der Waals surface area (Å²) in [5.41, 5.74) is 5.08. The fourth-order valence-electron chi connectivity index (χ4n) is 6.41. The quantitative estimate of drug-likeness (QED) is 0.191. The standard InChI is InChI=1S/C38H22S2/c1-2-13-29-27(11-1)28-12-3-4-14-30(28)34-22-24(19-20-31(29)34)23-9-7-10-25(21-23)26-16-8-17-33-36(26)40-37-32-15-5-6-18-35(32)39-38(33)37/h1-22H. The van der Waals surface area contributed by atoms with Crippen LogP contribution < -0.4 is 0 Å². The van der Waals surface area contributed by atoms with Crippen LogP contribution in [-0.4, -0.2) is 0 Å². The Labute approximate surface area is 239 Å². The SMILES string of the molecule is c1cc(-c2ccc3c4ccccc4c4ccccc4c3c2)cc(-c2cccc3c2sc2c4ccccc4sc32)c1. The van der Waals surface area contributed by atoms with Crippen molar-refractivity contribution in [2.45, 2.75) is 0 Å². The summed E-state index contributed by atoms with van der Waals surface area (Å²) in [6, 6.07) is 49.2. The zero-order chi connectivity index (χ0) is 26.2. The van der Waals surface area contributed by atoms with Crippen molar-refractivity contribution in [3.05, 3.63) is 133 Å². The number of rotatable bonds is 2. The van der Waals surface area contributed by atoms with E-state index in [1.165, 1.54) is 84.1 Å². The van der Waals surface area contributed by atoms with Crippen LogP contribution in [0.4, 0.5) is 0 Å². The summed E-state index contributed by atoms with van der Waals surface area (Å²) in [6.45, 7) is 0. The van der Waals surface area contributed by atoms with Gasteiger partial charge in [0.05, 0.1) is 9.40 Å². The Bertz CT molecular complexity index is 2400. The van der Waals surface area contributed by atoms with Crippen LogP contribution in [-0.2, 0) is 0 Å². The third-order valence-corrected chi connectivity index (χ3v) is 10.9. The number of hydrogen-bond donors (Lipinski definition) is 0. The van der Waals surface area contributed by atoms with Gasteiger partial charge < -0.3 is 0 Å². The normalized spacial score (nSPS) is 12.0. The first-order chi connectivity index (χ1) is 19.8. The van der Waals surface area contributed by atoms with E-state index in [-0.39, 0.29) is 0 Å². The van der Waals surface area contributed by atoms with E-state index < -0.39 is 0 Å². The molecule has 2 aromatic heterocycles. The van der Waals surface area contributed by atoms with Crippen LogP contribution in [0.15, 0.2) is 133 Å². The maximum atomic E-state index is 2.39. The molecule has 2 heteroatoms. The number of hydrogen-bond acceptors (Lipinski definition) is 2. The van der Waals surface area contributed by atoms with Gasteiger partial charge in [-0.25, -0.2) is 0 Å². The minimum atomic E-state index is 1.25. The molecule has 7 aromatic carbocycles. The van der Waals surface area contributed by atoms with E-state index in [1.54, 1.807) is 0 Å². The third-order valence-electron chi connectivity index (χ3n) is 8.26. The second kappa shape index (κ2) is 8.50. The molecule has 0 nitrogen and oxygen atoms in total. The van der Waals surface area contributed by atoms with Gasteiger partial charge in [0, 0.05) is 20.2 Å². The number of benzene rings is 7. The fraction of sp³-hybridized carbons (Fsp3) is 0. The van der Waals surface area contributed by atoms with E-state index in [0.717, 1.165) is 0 Å². The van der Waals surface area contributed by atoms with Crippen molar-refractivity contribution in [1.82, 2.24) is 0 Å². The summed E-state index contributed by atoms with van der Waals surface area (Å²) in [7, 11) is 0. The van der Waals surface area contributed by atoms with Gasteiger partial charge in [-0.05, 0) is 72.8 Å². The van der Waals surface area contributed by atoms with Crippen LogP contribution in [0.2, 0.25) is 0 Å². The van der Waals surface area contributed by atoms with Gasteiger partial charge in [-0.2, -0.15) is 0 Å². The Morgan fingerprint density at radius 3 is 1.62 bits per heavy atom. The summed E-state index contributed by atoms with van der Waals surface area (Å²) in [6.07, 6.45) is 0. The molecule has 9 aromatic rings. The summed E-state index contributed by atoms with van der Waals surface area (Å²) in [4.78, 5) is 0. The van der Waals surface area contributed by atoms with Gasteiger partial charge >= 0.3 is 0 Å². The van der Waals surface area contributed by atoms with Crippen LogP contribution in [0, 0.1) is 0 Å². The molecule has 0 aliphatic heterocycles. The molecule has 0 fully saturated rings. The highest BCUT2D eigenvalue weighted by Gasteiger charge is 2.15. The average molecular weight is 543 g/mol. The molecule has 0 spiro atoms. The average Bonchev–Trinajstić information content (AvgIpc) is 3.57. The summed E-state index contributed by atoms with van der Waals surface area (Å²) in [5.74, 6) is 0. The molecule has 0 unspecified atom stereocenters. The van der Waals surface area contributed by atoms with Crippen molar-refractivity contribution in [1.29, 1.82) is 0 Å². The monoisotopic (exact) mass is 542 g/mol. The predicted octanol–water partition coefficient (Wildman–Crippen LogP) is 12.1. The van der Waals surface area contributed by atoms with Crippen molar-refractivity contribution in [2.75, 3.05) is 0 Å². The molecule has 2 heterocycles. The summed E-state index contributed by atoms with van der Waals surface area (Å²) >= 11 is 3.85. The van der Waals surface area contributed by atoms with Crippen molar-refractivity contribution >= 4 is 84.6 Å². The lowest BCUT2D eigenvalue weighted by Gasteiger charge is -2.12. The molecule has 9 rings (SSSR count). The maximum absolute atomic E-state index is 2.39. The number of thiophene rings is 2. The zero-order valence-corrected chi connectivity index (χ0v) is 23.2. The van der Waals surface area contributed by atoms with Gasteiger partial charge in [-0.1, -0.05) is 115 Å². The van der Waals surface area contributed by atoms with Crippen LogP contribution in [0.1, 0.15) is 0 Å². The fourth-order valence-corrected chi connectivity index (χ4v) is 9.19. The Hall–Kier alpha value is -4.50. The molecule has 0 saturated carbocycles. The topological polar surface area (TPSA) is 0 Å². The largest absolute Gasteiger partial charge is 0.134 e. The molecule has 0 bridgehead atoms. The van der Waals surface area contributed by atoms with Gasteiger partial charge in [0.25, 0.3) is 0 Å². The van der Waals surface area contributed by atoms with Crippen molar-refractivity contribution in [3.8, 4) is 22.3 Å². The lowest BCUT2D eigenvalue weighted by Crippen LogP contribution is -1.86. The lowest BCUT2D eigenvalue weighted by molar-refractivity contribution is 1.63. The van der Waals surface area contributed by atoms with Crippen LogP contribution in [0.5, 0.6) is 0 Å². The highest BCUT2D eigenvalue weighted by molar-refractivity contribution is 7.36. The second-order valence-corrected chi connectivity index (χ2v) is 12.5. The number of fused-ring (bicyclic) bond motifs is 11. The van der Waals surface area contributed by atoms with Gasteiger partial charge in [0.1, 0.15) is 0 Å². The summed E-state index contributed by atoms with van der Waals surface area (Å²) < 4.78 is 5.57. The minimum Gasteiger partial charge on any atom is -0.134 e. The first kappa shape index (κ1) is 22.3. The van der Waals surface area contributed by atoms with E-state index in [2.05, 4.69) is 133 Å². The first-order valence-corrected chi connectivity index (χ1v) is 15.2. The maximum Gasteiger partial charge on any atom is 0.0542 e. The Morgan fingerprint density at radius 2 is 0.850 bits per heavy atom. The van der Waals surface area contributed by atoms with Crippen molar-refractivity contribution in [2.24, 2.45) is 0 Å². The molecule has 0 saturated heterocycles. The Morgan fingerprint density at radius 1 is 0.300 bits per heavy atom. The highest BCUT2D eigenvalue weighted by Crippen LogP contribution is 2.47. The molecular formula is C38H22S2. The zero-order valence-electron chi connectivity index (χ0n) is 21.5. The predicted molar refractivity (Wildman–Crippen MR) is 178 cm³/mol. The van der Waals surface area contributed by atoms with E-state index in [9.17, 15) is 0 Å². The first-order valence-electron chi connectivity index (χ1n) is 13.6. The van der Waals surface area contributed by atoms with Crippen molar-refractivity contribution in [3.63, 3.8) is 0 Å². The second-order valence-electron chi connectivity index (χ2n) is 10.5. The minimum absolute atomic E-state index is 1.25. The molecule has 0 atom stereocenters. The van der Waals surface area contributed by atoms with Crippen LogP contribution >= 0.6 is 22.7 Å². The molecule has 186 valence electrons. The molecule has 0 amide bonds. The van der Waals surface area contributed by atoms with Gasteiger partial charge in [0.2, 0.25) is 0 Å². The molecular weight excluding hydrogens is 521 g/mol. The van der Waals surface area contributed by atoms with Gasteiger partial charge in [-0.3, -0.25) is 0 Å². The van der Waals surface area contributed by atoms with E-state index >= 15 is 0 Å². The Kier molecular flexibility index (Phi) is 4.74. The smallest absolute Gasteiger partial charge is 0.0542 e. The highest BCUT2D eigenvalue weighted by atomic mass is 32.1. The van der Waals surface area contributed by atoms with E-state index in [1.807, 2.05) is 22.7 Å². The molecule has 0 aliphatic carbocycles. The molecule has 0 radical (unpaired) electrons. The molecule has 40 heavy (non-hydrogen) atoms. The Balaban J connectivity index is 1.24.